The smallest absolute Gasteiger partial charge is 0.332 e. The van der Waals surface area contributed by atoms with Crippen LogP contribution in [0.15, 0.2) is 15.8 Å². The zero-order valence-corrected chi connectivity index (χ0v) is 13.3. The molecule has 0 saturated carbocycles. The zero-order valence-electron chi connectivity index (χ0n) is 13.3. The summed E-state index contributed by atoms with van der Waals surface area (Å²) in [6, 6.07) is 0. The highest BCUT2D eigenvalue weighted by atomic mass is 16.6. The highest BCUT2D eigenvalue weighted by Crippen LogP contribution is 2.30. The molecule has 3 N–H and O–H groups in total. The number of carbonyl (C=O) groups excluding carboxylic acids is 1. The minimum Gasteiger partial charge on any atom is -0.464 e. The van der Waals surface area contributed by atoms with E-state index in [0.29, 0.717) is 0 Å². The molecule has 134 valence electrons. The van der Waals surface area contributed by atoms with Gasteiger partial charge in [0.05, 0.1) is 13.2 Å². The van der Waals surface area contributed by atoms with Gasteiger partial charge in [-0.1, -0.05) is 0 Å². The number of nitrogens with zero attached hydrogens (tertiary/aromatic N) is 1. The quantitative estimate of drug-likeness (QED) is 0.506. The number of aromatic nitrogens is 2. The maximum atomic E-state index is 12.0. The van der Waals surface area contributed by atoms with Crippen molar-refractivity contribution in [2.24, 2.45) is 0 Å². The van der Waals surface area contributed by atoms with Gasteiger partial charge in [-0.05, 0) is 13.8 Å². The second-order valence-electron chi connectivity index (χ2n) is 5.30. The summed E-state index contributed by atoms with van der Waals surface area (Å²) in [5.41, 5.74) is -1.05. The molecule has 1 aliphatic rings. The van der Waals surface area contributed by atoms with Crippen LogP contribution in [0.3, 0.4) is 0 Å². The van der Waals surface area contributed by atoms with Crippen LogP contribution < -0.4 is 11.2 Å². The average Bonchev–Trinajstić information content (AvgIpc) is 2.85. The molecular formula is C14H20N2O8. The van der Waals surface area contributed by atoms with Crippen molar-refractivity contribution in [1.82, 2.24) is 9.55 Å². The molecule has 2 heterocycles. The molecule has 1 fully saturated rings. The summed E-state index contributed by atoms with van der Waals surface area (Å²) in [4.78, 5) is 37.0. The van der Waals surface area contributed by atoms with Crippen LogP contribution >= 0.6 is 0 Å². The number of aliphatic hydroxyl groups is 2. The summed E-state index contributed by atoms with van der Waals surface area (Å²) in [7, 11) is 0. The second kappa shape index (κ2) is 7.71. The second-order valence-corrected chi connectivity index (χ2v) is 5.30. The molecule has 1 aromatic rings. The Hall–Kier alpha value is -2.01. The van der Waals surface area contributed by atoms with Gasteiger partial charge in [0.15, 0.2) is 6.23 Å². The number of aromatic amines is 1. The fourth-order valence-corrected chi connectivity index (χ4v) is 2.42. The third-order valence-electron chi connectivity index (χ3n) is 3.61. The molecule has 0 amide bonds. The van der Waals surface area contributed by atoms with Gasteiger partial charge in [-0.2, -0.15) is 0 Å². The van der Waals surface area contributed by atoms with Crippen molar-refractivity contribution >= 4 is 5.97 Å². The molecule has 10 heteroatoms. The van der Waals surface area contributed by atoms with Crippen LogP contribution in [0.2, 0.25) is 0 Å². The lowest BCUT2D eigenvalue weighted by molar-refractivity contribution is -0.155. The minimum absolute atomic E-state index is 0.174. The van der Waals surface area contributed by atoms with Crippen LogP contribution in [-0.2, 0) is 19.0 Å². The number of hydrogen-bond acceptors (Lipinski definition) is 8. The Bertz CT molecular complexity index is 697. The maximum Gasteiger partial charge on any atom is 0.332 e. The van der Waals surface area contributed by atoms with E-state index in [-0.39, 0.29) is 12.2 Å². The van der Waals surface area contributed by atoms with Gasteiger partial charge in [0.25, 0.3) is 5.56 Å². The molecule has 1 saturated heterocycles. The Morgan fingerprint density at radius 1 is 1.46 bits per heavy atom. The van der Waals surface area contributed by atoms with Gasteiger partial charge in [0.2, 0.25) is 0 Å². The van der Waals surface area contributed by atoms with Crippen molar-refractivity contribution in [2.45, 2.75) is 38.4 Å². The first-order valence-electron chi connectivity index (χ1n) is 7.42. The van der Waals surface area contributed by atoms with E-state index in [0.717, 1.165) is 4.57 Å². The predicted octanol–water partition coefficient (Wildman–Crippen LogP) is -1.96. The Labute approximate surface area is 136 Å². The van der Waals surface area contributed by atoms with Crippen LogP contribution in [-0.4, -0.2) is 63.9 Å². The number of rotatable bonds is 6. The van der Waals surface area contributed by atoms with Crippen LogP contribution in [0.25, 0.3) is 0 Å². The summed E-state index contributed by atoms with van der Waals surface area (Å²) in [6.45, 7) is 2.35. The van der Waals surface area contributed by atoms with Crippen molar-refractivity contribution in [1.29, 1.82) is 0 Å². The summed E-state index contributed by atoms with van der Waals surface area (Å²) in [6.07, 6.45) is -3.22. The van der Waals surface area contributed by atoms with E-state index >= 15 is 0 Å². The molecule has 1 unspecified atom stereocenters. The van der Waals surface area contributed by atoms with E-state index in [1.165, 1.54) is 13.1 Å². The van der Waals surface area contributed by atoms with Gasteiger partial charge in [-0.15, -0.1) is 0 Å². The van der Waals surface area contributed by atoms with Crippen LogP contribution in [0.1, 0.15) is 18.7 Å². The monoisotopic (exact) mass is 344 g/mol. The summed E-state index contributed by atoms with van der Waals surface area (Å²) < 4.78 is 16.6. The lowest BCUT2D eigenvalue weighted by Crippen LogP contribution is -2.40. The normalized spacial score (nSPS) is 26.5. The number of H-pyrrole nitrogens is 1. The zero-order chi connectivity index (χ0) is 17.9. The Balaban J connectivity index is 2.28. The number of nitrogens with one attached hydrogen (secondary N) is 1. The Morgan fingerprint density at radius 3 is 2.79 bits per heavy atom. The molecule has 0 bridgehead atoms. The maximum absolute atomic E-state index is 12.0. The lowest BCUT2D eigenvalue weighted by atomic mass is 10.1. The van der Waals surface area contributed by atoms with Gasteiger partial charge in [-0.25, -0.2) is 9.59 Å². The third kappa shape index (κ3) is 3.73. The molecular weight excluding hydrogens is 324 g/mol. The molecule has 24 heavy (non-hydrogen) atoms. The molecule has 0 spiro atoms. The molecule has 1 aromatic heterocycles. The fourth-order valence-electron chi connectivity index (χ4n) is 2.42. The van der Waals surface area contributed by atoms with Gasteiger partial charge >= 0.3 is 11.7 Å². The van der Waals surface area contributed by atoms with Crippen molar-refractivity contribution in [3.63, 3.8) is 0 Å². The third-order valence-corrected chi connectivity index (χ3v) is 3.61. The number of hydrogen-bond donors (Lipinski definition) is 3. The van der Waals surface area contributed by atoms with E-state index in [1.54, 1.807) is 6.92 Å². The average molecular weight is 344 g/mol. The first kappa shape index (κ1) is 18.3. The highest BCUT2D eigenvalue weighted by molar-refractivity contribution is 5.70. The van der Waals surface area contributed by atoms with Crippen molar-refractivity contribution < 1.29 is 29.2 Å². The molecule has 0 radical (unpaired) electrons. The van der Waals surface area contributed by atoms with Crippen LogP contribution in [0, 0.1) is 6.92 Å². The standard InChI is InChI=1S/C14H20N2O8/c1-3-22-9(18)6-23-11-10(19)8(5-17)24-13(11)16-4-7(2)12(20)15-14(16)21/h4,8,10-11,13,17,19H,3,5-6H2,1-2H3,(H,15,20,21)/t8-,10?,11+,13-/m1/s1. The van der Waals surface area contributed by atoms with E-state index < -0.39 is 55.0 Å². The van der Waals surface area contributed by atoms with Crippen molar-refractivity contribution in [2.75, 3.05) is 19.8 Å². The molecule has 0 aromatic carbocycles. The highest BCUT2D eigenvalue weighted by Gasteiger charge is 2.46. The Kier molecular flexibility index (Phi) is 5.89. The number of aryl methyl sites for hydroxylation is 1. The topological polar surface area (TPSA) is 140 Å². The van der Waals surface area contributed by atoms with E-state index in [4.69, 9.17) is 14.2 Å². The van der Waals surface area contributed by atoms with Gasteiger partial charge in [0.1, 0.15) is 24.9 Å². The molecule has 4 atom stereocenters. The summed E-state index contributed by atoms with van der Waals surface area (Å²) in [5, 5.41) is 19.5. The first-order chi connectivity index (χ1) is 11.4. The van der Waals surface area contributed by atoms with E-state index in [1.807, 2.05) is 0 Å². The summed E-state index contributed by atoms with van der Waals surface area (Å²) >= 11 is 0. The van der Waals surface area contributed by atoms with Crippen molar-refractivity contribution in [3.05, 3.63) is 32.6 Å². The molecule has 0 aliphatic carbocycles. The fraction of sp³-hybridized carbons (Fsp3) is 0.643. The van der Waals surface area contributed by atoms with Gasteiger partial charge in [0, 0.05) is 11.8 Å². The lowest BCUT2D eigenvalue weighted by Gasteiger charge is -2.22. The molecule has 1 aliphatic heterocycles. The number of aliphatic hydroxyl groups excluding tert-OH is 2. The SMILES string of the molecule is CCOC(=O)CO[C@H]1C(O)[C@@H](CO)O[C@H]1n1cc(C)c(=O)[nH]c1=O. The minimum atomic E-state index is -1.27. The van der Waals surface area contributed by atoms with E-state index in [2.05, 4.69) is 4.98 Å². The van der Waals surface area contributed by atoms with Crippen LogP contribution in [0.4, 0.5) is 0 Å². The Morgan fingerprint density at radius 2 is 2.17 bits per heavy atom. The van der Waals surface area contributed by atoms with Gasteiger partial charge < -0.3 is 24.4 Å². The number of esters is 1. The molecule has 2 rings (SSSR count). The number of carbonyl (C=O) groups is 1. The first-order valence-corrected chi connectivity index (χ1v) is 7.42. The van der Waals surface area contributed by atoms with Crippen LogP contribution in [0.5, 0.6) is 0 Å². The largest absolute Gasteiger partial charge is 0.464 e. The number of ether oxygens (including phenoxy) is 3. The van der Waals surface area contributed by atoms with E-state index in [9.17, 15) is 24.6 Å². The van der Waals surface area contributed by atoms with Crippen molar-refractivity contribution in [3.8, 4) is 0 Å². The predicted molar refractivity (Wildman–Crippen MR) is 79.4 cm³/mol. The molecule has 10 nitrogen and oxygen atoms in total. The summed E-state index contributed by atoms with van der Waals surface area (Å²) in [5.74, 6) is -0.638. The van der Waals surface area contributed by atoms with Gasteiger partial charge in [-0.3, -0.25) is 14.3 Å².